The molecular formula is C38H26N2. The number of hydrogen-bond donors (Lipinski definition) is 0. The van der Waals surface area contributed by atoms with E-state index in [9.17, 15) is 0 Å². The molecule has 8 rings (SSSR count). The summed E-state index contributed by atoms with van der Waals surface area (Å²) in [5.41, 5.74) is 6.98. The standard InChI is InChI=1S/C38H26N2/c1-3-15-28(16-4-1)39(37-26-27-14-7-8-19-30(27)31-20-9-10-21-32(31)37)36-25-13-23-34-33-22-11-12-24-35(33)40(38(34)36)29-17-5-2-6-18-29/h1-26H. The summed E-state index contributed by atoms with van der Waals surface area (Å²) in [5, 5.41) is 7.47. The molecule has 7 aromatic carbocycles. The number of fused-ring (bicyclic) bond motifs is 6. The summed E-state index contributed by atoms with van der Waals surface area (Å²) in [5.74, 6) is 0. The number of anilines is 3. The highest BCUT2D eigenvalue weighted by Crippen LogP contribution is 2.46. The molecule has 0 aliphatic rings. The van der Waals surface area contributed by atoms with Gasteiger partial charge < -0.3 is 9.47 Å². The Morgan fingerprint density at radius 2 is 1.00 bits per heavy atom. The molecule has 0 unspecified atom stereocenters. The molecule has 1 heterocycles. The van der Waals surface area contributed by atoms with Crippen LogP contribution in [0.1, 0.15) is 0 Å². The highest BCUT2D eigenvalue weighted by molar-refractivity contribution is 6.18. The Morgan fingerprint density at radius 3 is 1.80 bits per heavy atom. The first-order chi connectivity index (χ1) is 19.9. The van der Waals surface area contributed by atoms with Crippen molar-refractivity contribution in [2.45, 2.75) is 0 Å². The number of para-hydroxylation sites is 4. The van der Waals surface area contributed by atoms with Gasteiger partial charge in [-0.2, -0.15) is 0 Å². The molecule has 1 aromatic heterocycles. The molecule has 0 aliphatic heterocycles. The fourth-order valence-corrected chi connectivity index (χ4v) is 6.23. The summed E-state index contributed by atoms with van der Waals surface area (Å²) in [4.78, 5) is 2.44. The van der Waals surface area contributed by atoms with Crippen LogP contribution < -0.4 is 4.90 Å². The zero-order chi connectivity index (χ0) is 26.5. The van der Waals surface area contributed by atoms with Crippen molar-refractivity contribution in [2.75, 3.05) is 4.90 Å². The van der Waals surface area contributed by atoms with E-state index in [0.717, 1.165) is 22.7 Å². The van der Waals surface area contributed by atoms with E-state index in [-0.39, 0.29) is 0 Å². The van der Waals surface area contributed by atoms with Crippen LogP contribution >= 0.6 is 0 Å². The number of benzene rings is 7. The van der Waals surface area contributed by atoms with Crippen LogP contribution in [-0.4, -0.2) is 4.57 Å². The summed E-state index contributed by atoms with van der Waals surface area (Å²) in [6.07, 6.45) is 0. The van der Waals surface area contributed by atoms with Crippen molar-refractivity contribution in [3.8, 4) is 5.69 Å². The van der Waals surface area contributed by atoms with Gasteiger partial charge in [0.05, 0.1) is 22.4 Å². The van der Waals surface area contributed by atoms with Gasteiger partial charge in [0, 0.05) is 27.5 Å². The Kier molecular flexibility index (Phi) is 5.17. The van der Waals surface area contributed by atoms with Crippen LogP contribution in [0, 0.1) is 0 Å². The van der Waals surface area contributed by atoms with Crippen LogP contribution in [0.5, 0.6) is 0 Å². The van der Waals surface area contributed by atoms with Gasteiger partial charge in [0.25, 0.3) is 0 Å². The van der Waals surface area contributed by atoms with E-state index in [4.69, 9.17) is 0 Å². The lowest BCUT2D eigenvalue weighted by Gasteiger charge is -2.29. The van der Waals surface area contributed by atoms with Gasteiger partial charge in [-0.15, -0.1) is 0 Å². The number of hydrogen-bond acceptors (Lipinski definition) is 1. The van der Waals surface area contributed by atoms with Gasteiger partial charge in [0.15, 0.2) is 0 Å². The molecule has 2 nitrogen and oxygen atoms in total. The zero-order valence-electron chi connectivity index (χ0n) is 21.9. The maximum Gasteiger partial charge on any atom is 0.0782 e. The van der Waals surface area contributed by atoms with Gasteiger partial charge in [0.2, 0.25) is 0 Å². The maximum atomic E-state index is 2.44. The second-order valence-electron chi connectivity index (χ2n) is 10.2. The van der Waals surface area contributed by atoms with E-state index in [1.807, 2.05) is 0 Å². The Labute approximate surface area is 233 Å². The third kappa shape index (κ3) is 3.43. The molecule has 8 aromatic rings. The van der Waals surface area contributed by atoms with Crippen LogP contribution in [0.25, 0.3) is 49.0 Å². The highest BCUT2D eigenvalue weighted by atomic mass is 15.2. The lowest BCUT2D eigenvalue weighted by atomic mass is 9.99. The molecule has 188 valence electrons. The normalized spacial score (nSPS) is 11.5. The predicted molar refractivity (Wildman–Crippen MR) is 170 cm³/mol. The fraction of sp³-hybridized carbons (Fsp3) is 0. The molecule has 0 atom stereocenters. The van der Waals surface area contributed by atoms with Crippen LogP contribution in [-0.2, 0) is 0 Å². The van der Waals surface area contributed by atoms with E-state index < -0.39 is 0 Å². The molecule has 0 aliphatic carbocycles. The van der Waals surface area contributed by atoms with Crippen LogP contribution in [0.3, 0.4) is 0 Å². The third-order valence-corrected chi connectivity index (χ3v) is 7.93. The second kappa shape index (κ2) is 9.14. The highest BCUT2D eigenvalue weighted by Gasteiger charge is 2.23. The molecule has 0 amide bonds. The summed E-state index contributed by atoms with van der Waals surface area (Å²) in [7, 11) is 0. The fourth-order valence-electron chi connectivity index (χ4n) is 6.23. The van der Waals surface area contributed by atoms with E-state index in [0.29, 0.717) is 0 Å². The van der Waals surface area contributed by atoms with Gasteiger partial charge in [-0.05, 0) is 58.6 Å². The van der Waals surface area contributed by atoms with Crippen molar-refractivity contribution in [3.63, 3.8) is 0 Å². The average molecular weight is 511 g/mol. The van der Waals surface area contributed by atoms with E-state index >= 15 is 0 Å². The monoisotopic (exact) mass is 510 g/mol. The molecule has 0 spiro atoms. The van der Waals surface area contributed by atoms with Crippen molar-refractivity contribution in [1.82, 2.24) is 4.57 Å². The molecule has 0 saturated carbocycles. The van der Waals surface area contributed by atoms with E-state index in [1.54, 1.807) is 0 Å². The molecule has 0 radical (unpaired) electrons. The quantitative estimate of drug-likeness (QED) is 0.214. The van der Waals surface area contributed by atoms with Crippen LogP contribution in [0.15, 0.2) is 158 Å². The molecule has 0 bridgehead atoms. The maximum absolute atomic E-state index is 2.44. The minimum atomic E-state index is 1.13. The Morgan fingerprint density at radius 1 is 0.400 bits per heavy atom. The van der Waals surface area contributed by atoms with Gasteiger partial charge in [0.1, 0.15) is 0 Å². The Bertz CT molecular complexity index is 2160. The van der Waals surface area contributed by atoms with Crippen molar-refractivity contribution in [2.24, 2.45) is 0 Å². The summed E-state index contributed by atoms with van der Waals surface area (Å²) < 4.78 is 2.42. The van der Waals surface area contributed by atoms with Crippen LogP contribution in [0.4, 0.5) is 17.1 Å². The molecule has 0 N–H and O–H groups in total. The third-order valence-electron chi connectivity index (χ3n) is 7.93. The lowest BCUT2D eigenvalue weighted by Crippen LogP contribution is -2.12. The topological polar surface area (TPSA) is 8.17 Å². The smallest absolute Gasteiger partial charge is 0.0782 e. The molecule has 0 fully saturated rings. The summed E-state index contributed by atoms with van der Waals surface area (Å²) in [6, 6.07) is 56.7. The van der Waals surface area contributed by atoms with Crippen molar-refractivity contribution < 1.29 is 0 Å². The minimum absolute atomic E-state index is 1.13. The molecule has 2 heteroatoms. The van der Waals surface area contributed by atoms with E-state index in [2.05, 4.69) is 167 Å². The van der Waals surface area contributed by atoms with Crippen molar-refractivity contribution in [1.29, 1.82) is 0 Å². The number of aromatic nitrogens is 1. The largest absolute Gasteiger partial charge is 0.308 e. The van der Waals surface area contributed by atoms with Crippen molar-refractivity contribution in [3.05, 3.63) is 158 Å². The van der Waals surface area contributed by atoms with Crippen molar-refractivity contribution >= 4 is 60.4 Å². The van der Waals surface area contributed by atoms with E-state index in [1.165, 1.54) is 43.4 Å². The SMILES string of the molecule is c1ccc(N(c2cc3ccccc3c3ccccc23)c2cccc3c4ccccc4n(-c4ccccc4)c23)cc1. The first-order valence-corrected chi connectivity index (χ1v) is 13.7. The lowest BCUT2D eigenvalue weighted by molar-refractivity contribution is 1.17. The summed E-state index contributed by atoms with van der Waals surface area (Å²) in [6.45, 7) is 0. The Hall–Kier alpha value is -5.34. The first-order valence-electron chi connectivity index (χ1n) is 13.7. The average Bonchev–Trinajstić information content (AvgIpc) is 3.37. The van der Waals surface area contributed by atoms with Gasteiger partial charge >= 0.3 is 0 Å². The van der Waals surface area contributed by atoms with Gasteiger partial charge in [-0.3, -0.25) is 0 Å². The number of rotatable bonds is 4. The molecule has 0 saturated heterocycles. The second-order valence-corrected chi connectivity index (χ2v) is 10.2. The first kappa shape index (κ1) is 22.6. The van der Waals surface area contributed by atoms with Crippen LogP contribution in [0.2, 0.25) is 0 Å². The Balaban J connectivity index is 1.54. The zero-order valence-corrected chi connectivity index (χ0v) is 21.9. The molecular weight excluding hydrogens is 484 g/mol. The van der Waals surface area contributed by atoms with Gasteiger partial charge in [-0.1, -0.05) is 115 Å². The van der Waals surface area contributed by atoms with Gasteiger partial charge in [-0.25, -0.2) is 0 Å². The number of nitrogens with zero attached hydrogens (tertiary/aromatic N) is 2. The molecule has 40 heavy (non-hydrogen) atoms. The summed E-state index contributed by atoms with van der Waals surface area (Å²) >= 11 is 0. The minimum Gasteiger partial charge on any atom is -0.308 e. The predicted octanol–water partition coefficient (Wildman–Crippen LogP) is 10.6.